The summed E-state index contributed by atoms with van der Waals surface area (Å²) < 4.78 is 0. The smallest absolute Gasteiger partial charge is 0.315 e. The molecule has 1 aromatic rings. The van der Waals surface area contributed by atoms with Crippen LogP contribution < -0.4 is 10.2 Å². The van der Waals surface area contributed by atoms with Crippen LogP contribution in [0.2, 0.25) is 0 Å². The summed E-state index contributed by atoms with van der Waals surface area (Å²) >= 11 is 0. The number of nitro benzene ring substituents is 1. The summed E-state index contributed by atoms with van der Waals surface area (Å²) in [5.41, 5.74) is 1.47. The van der Waals surface area contributed by atoms with Crippen molar-refractivity contribution in [2.24, 2.45) is 5.92 Å². The van der Waals surface area contributed by atoms with Gasteiger partial charge in [-0.25, -0.2) is 0 Å². The van der Waals surface area contributed by atoms with Gasteiger partial charge in [0, 0.05) is 19.6 Å². The van der Waals surface area contributed by atoms with Gasteiger partial charge in [0.1, 0.15) is 11.4 Å². The zero-order valence-corrected chi connectivity index (χ0v) is 11.7. The molecule has 0 aromatic heterocycles. The minimum atomic E-state index is -0.288. The fraction of sp³-hybridized carbons (Fsp3) is 0.571. The first-order chi connectivity index (χ1) is 9.04. The first-order valence-electron chi connectivity index (χ1n) is 6.76. The fourth-order valence-corrected chi connectivity index (χ4v) is 2.32. The molecule has 0 amide bonds. The monoisotopic (exact) mass is 263 g/mol. The molecule has 1 fully saturated rings. The molecule has 2 rings (SSSR count). The SMILES string of the molecule is CNc1cccc(N(CC2CC2)C(C)C)c1[N+](=O)[O-]. The van der Waals surface area contributed by atoms with Gasteiger partial charge in [0.05, 0.1) is 4.92 Å². The van der Waals surface area contributed by atoms with Gasteiger partial charge in [0.25, 0.3) is 0 Å². The number of benzene rings is 1. The fourth-order valence-electron chi connectivity index (χ4n) is 2.32. The molecule has 1 aliphatic carbocycles. The van der Waals surface area contributed by atoms with Crippen molar-refractivity contribution in [3.8, 4) is 0 Å². The Kier molecular flexibility index (Phi) is 3.93. The van der Waals surface area contributed by atoms with Gasteiger partial charge in [-0.1, -0.05) is 6.07 Å². The van der Waals surface area contributed by atoms with E-state index in [1.807, 2.05) is 12.1 Å². The van der Waals surface area contributed by atoms with Crippen LogP contribution in [0.1, 0.15) is 26.7 Å². The highest BCUT2D eigenvalue weighted by atomic mass is 16.6. The minimum absolute atomic E-state index is 0.180. The molecule has 1 N–H and O–H groups in total. The molecule has 0 bridgehead atoms. The van der Waals surface area contributed by atoms with Crippen LogP contribution in [0.4, 0.5) is 17.1 Å². The van der Waals surface area contributed by atoms with Crippen LogP contribution in [0.25, 0.3) is 0 Å². The van der Waals surface area contributed by atoms with E-state index in [9.17, 15) is 10.1 Å². The third kappa shape index (κ3) is 2.97. The summed E-state index contributed by atoms with van der Waals surface area (Å²) in [5.74, 6) is 0.695. The Balaban J connectivity index is 2.42. The quantitative estimate of drug-likeness (QED) is 0.632. The largest absolute Gasteiger partial charge is 0.382 e. The zero-order valence-electron chi connectivity index (χ0n) is 11.7. The lowest BCUT2D eigenvalue weighted by Crippen LogP contribution is -2.33. The van der Waals surface area contributed by atoms with Crippen molar-refractivity contribution < 1.29 is 4.92 Å². The summed E-state index contributed by atoms with van der Waals surface area (Å²) in [4.78, 5) is 13.2. The second-order valence-corrected chi connectivity index (χ2v) is 5.37. The summed E-state index contributed by atoms with van der Waals surface area (Å²) in [5, 5.41) is 14.3. The van der Waals surface area contributed by atoms with E-state index in [-0.39, 0.29) is 16.7 Å². The molecule has 0 unspecified atom stereocenters. The molecular weight excluding hydrogens is 242 g/mol. The Bertz CT molecular complexity index is 470. The molecule has 0 radical (unpaired) electrons. The number of nitrogens with zero attached hydrogens (tertiary/aromatic N) is 2. The van der Waals surface area contributed by atoms with Crippen molar-refractivity contribution in [2.45, 2.75) is 32.7 Å². The van der Waals surface area contributed by atoms with Crippen LogP contribution in [0.15, 0.2) is 18.2 Å². The highest BCUT2D eigenvalue weighted by Gasteiger charge is 2.30. The van der Waals surface area contributed by atoms with Crippen molar-refractivity contribution in [3.05, 3.63) is 28.3 Å². The molecule has 0 atom stereocenters. The Morgan fingerprint density at radius 3 is 2.63 bits per heavy atom. The average molecular weight is 263 g/mol. The number of hydrogen-bond donors (Lipinski definition) is 1. The maximum absolute atomic E-state index is 11.4. The van der Waals surface area contributed by atoms with Gasteiger partial charge < -0.3 is 10.2 Å². The van der Waals surface area contributed by atoms with E-state index in [2.05, 4.69) is 24.1 Å². The normalized spacial score (nSPS) is 14.5. The predicted molar refractivity (Wildman–Crippen MR) is 77.8 cm³/mol. The molecule has 0 saturated heterocycles. The maximum atomic E-state index is 11.4. The molecule has 1 aromatic carbocycles. The Labute approximate surface area is 113 Å². The van der Waals surface area contributed by atoms with Crippen LogP contribution in [0.5, 0.6) is 0 Å². The zero-order chi connectivity index (χ0) is 14.0. The lowest BCUT2D eigenvalue weighted by atomic mass is 10.1. The molecule has 0 spiro atoms. The Morgan fingerprint density at radius 2 is 2.16 bits per heavy atom. The third-order valence-electron chi connectivity index (χ3n) is 3.55. The van der Waals surface area contributed by atoms with E-state index < -0.39 is 0 Å². The van der Waals surface area contributed by atoms with E-state index in [0.29, 0.717) is 11.6 Å². The molecule has 104 valence electrons. The Hall–Kier alpha value is -1.78. The number of nitro groups is 1. The van der Waals surface area contributed by atoms with Crippen LogP contribution in [-0.2, 0) is 0 Å². The van der Waals surface area contributed by atoms with Crippen LogP contribution in [0.3, 0.4) is 0 Å². The molecule has 0 aliphatic heterocycles. The van der Waals surface area contributed by atoms with Crippen LogP contribution in [-0.4, -0.2) is 24.6 Å². The van der Waals surface area contributed by atoms with E-state index in [1.54, 1.807) is 13.1 Å². The van der Waals surface area contributed by atoms with Gasteiger partial charge in [0.2, 0.25) is 0 Å². The highest BCUT2D eigenvalue weighted by Crippen LogP contribution is 2.39. The molecule has 1 saturated carbocycles. The minimum Gasteiger partial charge on any atom is -0.382 e. The Morgan fingerprint density at radius 1 is 1.47 bits per heavy atom. The maximum Gasteiger partial charge on any atom is 0.315 e. The second kappa shape index (κ2) is 5.47. The number of anilines is 2. The van der Waals surface area contributed by atoms with Gasteiger partial charge in [-0.3, -0.25) is 10.1 Å². The van der Waals surface area contributed by atoms with Crippen molar-refractivity contribution in [3.63, 3.8) is 0 Å². The van der Waals surface area contributed by atoms with E-state index in [0.717, 1.165) is 12.2 Å². The first kappa shape index (κ1) is 13.6. The molecule has 1 aliphatic rings. The standard InChI is InChI=1S/C14H21N3O2/c1-10(2)16(9-11-7-8-11)13-6-4-5-12(15-3)14(13)17(18)19/h4-6,10-11,15H,7-9H2,1-3H3. The number of nitrogens with one attached hydrogen (secondary N) is 1. The molecule has 5 nitrogen and oxygen atoms in total. The van der Waals surface area contributed by atoms with E-state index in [1.165, 1.54) is 12.8 Å². The van der Waals surface area contributed by atoms with Gasteiger partial charge >= 0.3 is 5.69 Å². The molecular formula is C14H21N3O2. The topological polar surface area (TPSA) is 58.4 Å². The first-order valence-corrected chi connectivity index (χ1v) is 6.76. The second-order valence-electron chi connectivity index (χ2n) is 5.37. The van der Waals surface area contributed by atoms with Gasteiger partial charge in [-0.05, 0) is 44.7 Å². The van der Waals surface area contributed by atoms with Gasteiger partial charge in [-0.15, -0.1) is 0 Å². The summed E-state index contributed by atoms with van der Waals surface area (Å²) in [6.45, 7) is 5.07. The average Bonchev–Trinajstić information content (AvgIpc) is 3.18. The van der Waals surface area contributed by atoms with Gasteiger partial charge in [0.15, 0.2) is 0 Å². The number of para-hydroxylation sites is 1. The summed E-state index contributed by atoms with van der Waals surface area (Å²) in [6, 6.07) is 5.72. The van der Waals surface area contributed by atoms with Crippen molar-refractivity contribution in [1.82, 2.24) is 0 Å². The lowest BCUT2D eigenvalue weighted by molar-refractivity contribution is -0.383. The predicted octanol–water partition coefficient (Wildman–Crippen LogP) is 3.26. The summed E-state index contributed by atoms with van der Waals surface area (Å²) in [7, 11) is 1.71. The summed E-state index contributed by atoms with van der Waals surface area (Å²) in [6.07, 6.45) is 2.48. The van der Waals surface area contributed by atoms with E-state index in [4.69, 9.17) is 0 Å². The van der Waals surface area contributed by atoms with Gasteiger partial charge in [-0.2, -0.15) is 0 Å². The molecule has 5 heteroatoms. The van der Waals surface area contributed by atoms with Crippen molar-refractivity contribution in [1.29, 1.82) is 0 Å². The van der Waals surface area contributed by atoms with E-state index >= 15 is 0 Å². The highest BCUT2D eigenvalue weighted by molar-refractivity contribution is 5.77. The third-order valence-corrected chi connectivity index (χ3v) is 3.55. The van der Waals surface area contributed by atoms with Crippen molar-refractivity contribution >= 4 is 17.1 Å². The number of hydrogen-bond acceptors (Lipinski definition) is 4. The number of rotatable bonds is 6. The molecule has 0 heterocycles. The van der Waals surface area contributed by atoms with Crippen molar-refractivity contribution in [2.75, 3.05) is 23.8 Å². The van der Waals surface area contributed by atoms with Crippen LogP contribution >= 0.6 is 0 Å². The lowest BCUT2D eigenvalue weighted by Gasteiger charge is -2.29. The van der Waals surface area contributed by atoms with Crippen LogP contribution in [0, 0.1) is 16.0 Å². The molecule has 19 heavy (non-hydrogen) atoms.